The summed E-state index contributed by atoms with van der Waals surface area (Å²) in [4.78, 5) is 8.05. The number of benzene rings is 1. The van der Waals surface area contributed by atoms with Crippen molar-refractivity contribution in [3.05, 3.63) is 41.3 Å². The molecule has 32 heavy (non-hydrogen) atoms. The number of nitrogens with two attached hydrogens (primary N) is 1. The molecule has 4 aromatic rings. The third kappa shape index (κ3) is 3.62. The molecule has 7 nitrogen and oxygen atoms in total. The number of methoxy groups -OCH3 is 1. The van der Waals surface area contributed by atoms with E-state index < -0.39 is 0 Å². The number of thiophene rings is 1. The van der Waals surface area contributed by atoms with Crippen molar-refractivity contribution in [1.29, 1.82) is 0 Å². The molecular weight excluding hydrogens is 420 g/mol. The Morgan fingerprint density at radius 3 is 2.78 bits per heavy atom. The minimum Gasteiger partial charge on any atom is -0.495 e. The average Bonchev–Trinajstić information content (AvgIpc) is 3.34. The van der Waals surface area contributed by atoms with Gasteiger partial charge in [0.25, 0.3) is 0 Å². The van der Waals surface area contributed by atoms with Gasteiger partial charge in [-0.15, -0.1) is 11.3 Å². The van der Waals surface area contributed by atoms with Crippen molar-refractivity contribution in [2.75, 3.05) is 39.0 Å². The Morgan fingerprint density at radius 2 is 2.03 bits per heavy atom. The van der Waals surface area contributed by atoms with Gasteiger partial charge in [-0.05, 0) is 42.0 Å². The molecule has 3 N–H and O–H groups in total. The highest BCUT2D eigenvalue weighted by Crippen LogP contribution is 2.44. The lowest BCUT2D eigenvalue weighted by Crippen LogP contribution is -2.43. The molecule has 3 aromatic heterocycles. The molecule has 1 aromatic carbocycles. The number of aromatic nitrogens is 3. The van der Waals surface area contributed by atoms with Crippen LogP contribution in [0.2, 0.25) is 0 Å². The van der Waals surface area contributed by atoms with E-state index in [2.05, 4.69) is 52.3 Å². The topological polar surface area (TPSA) is 80.7 Å². The second-order valence-electron chi connectivity index (χ2n) is 8.48. The van der Waals surface area contributed by atoms with Crippen molar-refractivity contribution in [1.82, 2.24) is 24.8 Å². The van der Waals surface area contributed by atoms with E-state index in [9.17, 15) is 0 Å². The molecule has 0 amide bonds. The van der Waals surface area contributed by atoms with E-state index in [1.165, 1.54) is 32.6 Å². The molecule has 1 saturated heterocycles. The summed E-state index contributed by atoms with van der Waals surface area (Å²) in [6, 6.07) is 6.59. The minimum atomic E-state index is 0.527. The highest BCUT2D eigenvalue weighted by molar-refractivity contribution is 7.22. The van der Waals surface area contributed by atoms with Crippen molar-refractivity contribution in [2.45, 2.75) is 33.2 Å². The third-order valence-corrected chi connectivity index (χ3v) is 7.42. The molecule has 1 fully saturated rings. The van der Waals surface area contributed by atoms with E-state index >= 15 is 0 Å². The number of hydrogen-bond acceptors (Lipinski definition) is 7. The number of nitrogen functional groups attached to an aromatic ring is 1. The zero-order valence-electron chi connectivity index (χ0n) is 18.9. The fraction of sp³-hybridized carbons (Fsp3) is 0.417. The van der Waals surface area contributed by atoms with Gasteiger partial charge < -0.3 is 15.8 Å². The number of hydrogen-bond donors (Lipinski definition) is 2. The standard InChI is InChI=1S/C24H30N6OS/c1-4-5-17-18(13-29-8-6-26-7-9-29)30-22(24(25)27-14-28-30)21(17)20-12-16-10-15(2)11-19(31-3)23(16)32-20/h10-12,14,26H,4-9,13H2,1-3H3,(H2,25,27,28). The largest absolute Gasteiger partial charge is 0.495 e. The molecule has 0 saturated carbocycles. The van der Waals surface area contributed by atoms with Crippen LogP contribution < -0.4 is 15.8 Å². The van der Waals surface area contributed by atoms with Crippen LogP contribution in [0.25, 0.3) is 26.0 Å². The number of anilines is 1. The lowest BCUT2D eigenvalue weighted by Gasteiger charge is -2.27. The molecule has 8 heteroatoms. The van der Waals surface area contributed by atoms with Crippen molar-refractivity contribution in [3.8, 4) is 16.2 Å². The molecule has 1 aliphatic rings. The predicted molar refractivity (Wildman–Crippen MR) is 132 cm³/mol. The Morgan fingerprint density at radius 1 is 1.22 bits per heavy atom. The molecule has 0 aliphatic carbocycles. The lowest BCUT2D eigenvalue weighted by atomic mass is 10.0. The smallest absolute Gasteiger partial charge is 0.152 e. The van der Waals surface area contributed by atoms with Gasteiger partial charge in [0.2, 0.25) is 0 Å². The normalized spacial score (nSPS) is 15.1. The second kappa shape index (κ2) is 8.69. The molecule has 1 aliphatic heterocycles. The summed E-state index contributed by atoms with van der Waals surface area (Å²) < 4.78 is 8.90. The summed E-state index contributed by atoms with van der Waals surface area (Å²) in [6.45, 7) is 9.31. The van der Waals surface area contributed by atoms with Crippen LogP contribution in [-0.2, 0) is 13.0 Å². The Hall–Kier alpha value is -2.68. The monoisotopic (exact) mass is 450 g/mol. The van der Waals surface area contributed by atoms with Crippen molar-refractivity contribution in [3.63, 3.8) is 0 Å². The van der Waals surface area contributed by atoms with Gasteiger partial charge in [0.15, 0.2) is 5.82 Å². The molecular formula is C24H30N6OS. The number of nitrogens with one attached hydrogen (secondary N) is 1. The first kappa shape index (κ1) is 21.2. The van der Waals surface area contributed by atoms with Gasteiger partial charge in [-0.1, -0.05) is 19.4 Å². The van der Waals surface area contributed by atoms with Gasteiger partial charge in [-0.3, -0.25) is 4.90 Å². The Bertz CT molecular complexity index is 1270. The zero-order chi connectivity index (χ0) is 22.2. The number of piperazine rings is 1. The Kier molecular flexibility index (Phi) is 5.75. The zero-order valence-corrected chi connectivity index (χ0v) is 19.8. The highest BCUT2D eigenvalue weighted by Gasteiger charge is 2.25. The number of nitrogens with zero attached hydrogens (tertiary/aromatic N) is 4. The van der Waals surface area contributed by atoms with Crippen molar-refractivity contribution < 1.29 is 4.74 Å². The van der Waals surface area contributed by atoms with Gasteiger partial charge in [-0.25, -0.2) is 9.50 Å². The molecule has 0 radical (unpaired) electrons. The van der Waals surface area contributed by atoms with Gasteiger partial charge in [0, 0.05) is 43.2 Å². The Balaban J connectivity index is 1.75. The van der Waals surface area contributed by atoms with Crippen LogP contribution in [0.5, 0.6) is 5.75 Å². The van der Waals surface area contributed by atoms with E-state index in [0.717, 1.165) is 61.5 Å². The Labute approximate surface area is 192 Å². The first-order valence-corrected chi connectivity index (χ1v) is 12.1. The summed E-state index contributed by atoms with van der Waals surface area (Å²) in [5.41, 5.74) is 12.3. The van der Waals surface area contributed by atoms with Gasteiger partial charge in [0.1, 0.15) is 17.6 Å². The van der Waals surface area contributed by atoms with Crippen molar-refractivity contribution in [2.24, 2.45) is 0 Å². The minimum absolute atomic E-state index is 0.527. The van der Waals surface area contributed by atoms with Crippen LogP contribution in [0.15, 0.2) is 24.5 Å². The molecule has 168 valence electrons. The quantitative estimate of drug-likeness (QED) is 0.464. The highest BCUT2D eigenvalue weighted by atomic mass is 32.1. The molecule has 5 rings (SSSR count). The number of fused-ring (bicyclic) bond motifs is 2. The maximum Gasteiger partial charge on any atom is 0.152 e. The van der Waals surface area contributed by atoms with E-state index in [0.29, 0.717) is 5.82 Å². The molecule has 0 bridgehead atoms. The summed E-state index contributed by atoms with van der Waals surface area (Å²) in [5, 5.41) is 9.30. The summed E-state index contributed by atoms with van der Waals surface area (Å²) in [5.74, 6) is 1.45. The van der Waals surface area contributed by atoms with E-state index in [1.54, 1.807) is 24.8 Å². The predicted octanol–water partition coefficient (Wildman–Crippen LogP) is 3.87. The lowest BCUT2D eigenvalue weighted by molar-refractivity contribution is 0.229. The molecule has 4 heterocycles. The summed E-state index contributed by atoms with van der Waals surface area (Å²) >= 11 is 1.76. The van der Waals surface area contributed by atoms with Crippen LogP contribution in [0.4, 0.5) is 5.82 Å². The maximum atomic E-state index is 6.46. The van der Waals surface area contributed by atoms with Crippen LogP contribution in [0.1, 0.15) is 30.2 Å². The SMILES string of the molecule is CCCc1c(-c2cc3cc(C)cc(OC)c3s2)c2c(N)ncnn2c1CN1CCNCC1. The first-order chi connectivity index (χ1) is 15.6. The number of aryl methyl sites for hydroxylation is 1. The third-order valence-electron chi connectivity index (χ3n) is 6.24. The fourth-order valence-electron chi connectivity index (χ4n) is 4.79. The summed E-state index contributed by atoms with van der Waals surface area (Å²) in [6.07, 6.45) is 3.60. The van der Waals surface area contributed by atoms with Crippen molar-refractivity contribution >= 4 is 32.8 Å². The first-order valence-electron chi connectivity index (χ1n) is 11.2. The van der Waals surface area contributed by atoms with Crippen LogP contribution >= 0.6 is 11.3 Å². The van der Waals surface area contributed by atoms with E-state index in [-0.39, 0.29) is 0 Å². The van der Waals surface area contributed by atoms with E-state index in [1.807, 2.05) is 4.52 Å². The average molecular weight is 451 g/mol. The molecule has 0 spiro atoms. The molecule has 0 atom stereocenters. The molecule has 0 unspecified atom stereocenters. The van der Waals surface area contributed by atoms with Gasteiger partial charge in [-0.2, -0.15) is 5.10 Å². The van der Waals surface area contributed by atoms with Gasteiger partial charge >= 0.3 is 0 Å². The number of ether oxygens (including phenoxy) is 1. The van der Waals surface area contributed by atoms with Crippen LogP contribution in [0, 0.1) is 6.92 Å². The maximum absolute atomic E-state index is 6.46. The number of rotatable bonds is 6. The van der Waals surface area contributed by atoms with E-state index in [4.69, 9.17) is 10.5 Å². The fourth-order valence-corrected chi connectivity index (χ4v) is 5.99. The summed E-state index contributed by atoms with van der Waals surface area (Å²) in [7, 11) is 1.74. The second-order valence-corrected chi connectivity index (χ2v) is 9.53. The van der Waals surface area contributed by atoms with Crippen LogP contribution in [-0.4, -0.2) is 52.8 Å². The van der Waals surface area contributed by atoms with Crippen LogP contribution in [0.3, 0.4) is 0 Å². The van der Waals surface area contributed by atoms with Gasteiger partial charge in [0.05, 0.1) is 17.5 Å².